The number of nitrogens with zero attached hydrogens (tertiary/aromatic N) is 1. The molecule has 0 amide bonds. The molecule has 1 aromatic rings. The number of rotatable bonds is 1. The van der Waals surface area contributed by atoms with Crippen molar-refractivity contribution in [2.45, 2.75) is 25.1 Å². The van der Waals surface area contributed by atoms with Crippen molar-refractivity contribution in [1.29, 1.82) is 0 Å². The van der Waals surface area contributed by atoms with Crippen molar-refractivity contribution in [3.8, 4) is 0 Å². The predicted octanol–water partition coefficient (Wildman–Crippen LogP) is 2.49. The van der Waals surface area contributed by atoms with Crippen LogP contribution in [0.1, 0.15) is 23.3 Å². The van der Waals surface area contributed by atoms with E-state index in [2.05, 4.69) is 43.1 Å². The summed E-state index contributed by atoms with van der Waals surface area (Å²) in [6.45, 7) is 4.22. The Labute approximate surface area is 88.6 Å². The number of amidine groups is 1. The molecular formula is C11H14N2S. The summed E-state index contributed by atoms with van der Waals surface area (Å²) in [5.74, 6) is 0. The van der Waals surface area contributed by atoms with E-state index >= 15 is 0 Å². The van der Waals surface area contributed by atoms with Gasteiger partial charge in [-0.25, -0.2) is 0 Å². The third kappa shape index (κ3) is 1.77. The van der Waals surface area contributed by atoms with E-state index in [1.165, 1.54) is 11.1 Å². The molecule has 14 heavy (non-hydrogen) atoms. The van der Waals surface area contributed by atoms with Gasteiger partial charge in [0.05, 0.1) is 11.3 Å². The van der Waals surface area contributed by atoms with Crippen LogP contribution in [-0.2, 0) is 0 Å². The van der Waals surface area contributed by atoms with E-state index in [9.17, 15) is 0 Å². The van der Waals surface area contributed by atoms with Gasteiger partial charge in [0.15, 0.2) is 5.17 Å². The highest BCUT2D eigenvalue weighted by molar-refractivity contribution is 8.14. The van der Waals surface area contributed by atoms with Crippen LogP contribution in [0.4, 0.5) is 0 Å². The highest BCUT2D eigenvalue weighted by Gasteiger charge is 2.26. The molecule has 0 saturated heterocycles. The third-order valence-corrected chi connectivity index (χ3v) is 3.65. The Morgan fingerprint density at radius 2 is 2.21 bits per heavy atom. The van der Waals surface area contributed by atoms with Crippen molar-refractivity contribution < 1.29 is 0 Å². The molecule has 2 nitrogen and oxygen atoms in total. The number of aliphatic imine (C=N–C) groups is 1. The molecule has 0 bridgehead atoms. The Bertz CT molecular complexity index is 373. The summed E-state index contributed by atoms with van der Waals surface area (Å²) < 4.78 is 0. The molecule has 1 heterocycles. The van der Waals surface area contributed by atoms with Gasteiger partial charge in [-0.05, 0) is 19.4 Å². The van der Waals surface area contributed by atoms with Crippen molar-refractivity contribution in [2.24, 2.45) is 10.7 Å². The number of hydrogen-bond acceptors (Lipinski definition) is 3. The first-order valence-corrected chi connectivity index (χ1v) is 5.61. The molecule has 0 spiro atoms. The number of benzene rings is 1. The monoisotopic (exact) mass is 206 g/mol. The largest absolute Gasteiger partial charge is 0.379 e. The van der Waals surface area contributed by atoms with Gasteiger partial charge >= 0.3 is 0 Å². The van der Waals surface area contributed by atoms with E-state index in [-0.39, 0.29) is 0 Å². The van der Waals surface area contributed by atoms with Crippen molar-refractivity contribution in [1.82, 2.24) is 0 Å². The molecule has 2 atom stereocenters. The summed E-state index contributed by atoms with van der Waals surface area (Å²) in [6.07, 6.45) is 0. The van der Waals surface area contributed by atoms with Crippen LogP contribution in [0.15, 0.2) is 29.3 Å². The minimum atomic E-state index is 0.293. The second-order valence-electron chi connectivity index (χ2n) is 3.66. The van der Waals surface area contributed by atoms with E-state index in [0.29, 0.717) is 16.5 Å². The van der Waals surface area contributed by atoms with Gasteiger partial charge in [-0.2, -0.15) is 0 Å². The quantitative estimate of drug-likeness (QED) is 0.766. The minimum Gasteiger partial charge on any atom is -0.379 e. The molecule has 0 saturated carbocycles. The molecule has 0 radical (unpaired) electrons. The van der Waals surface area contributed by atoms with Crippen LogP contribution in [0.2, 0.25) is 0 Å². The van der Waals surface area contributed by atoms with Crippen molar-refractivity contribution >= 4 is 16.9 Å². The average Bonchev–Trinajstić information content (AvgIpc) is 2.45. The van der Waals surface area contributed by atoms with Crippen LogP contribution < -0.4 is 5.73 Å². The number of nitrogens with two attached hydrogens (primary N) is 1. The first-order chi connectivity index (χ1) is 6.66. The second kappa shape index (κ2) is 3.65. The third-order valence-electron chi connectivity index (χ3n) is 2.39. The summed E-state index contributed by atoms with van der Waals surface area (Å²) in [5.41, 5.74) is 8.32. The predicted molar refractivity (Wildman–Crippen MR) is 62.6 cm³/mol. The molecule has 74 valence electrons. The molecular weight excluding hydrogens is 192 g/mol. The van der Waals surface area contributed by atoms with Crippen molar-refractivity contribution in [3.63, 3.8) is 0 Å². The molecule has 0 fully saturated rings. The molecule has 1 aromatic carbocycles. The second-order valence-corrected chi connectivity index (χ2v) is 4.82. The Morgan fingerprint density at radius 1 is 1.43 bits per heavy atom. The minimum absolute atomic E-state index is 0.293. The summed E-state index contributed by atoms with van der Waals surface area (Å²) in [7, 11) is 0. The van der Waals surface area contributed by atoms with Crippen molar-refractivity contribution in [3.05, 3.63) is 35.4 Å². The maximum Gasteiger partial charge on any atom is 0.154 e. The Kier molecular flexibility index (Phi) is 2.50. The number of thioether (sulfide) groups is 1. The Balaban J connectivity index is 2.25. The fourth-order valence-electron chi connectivity index (χ4n) is 1.72. The lowest BCUT2D eigenvalue weighted by atomic mass is 10.0. The van der Waals surface area contributed by atoms with Crippen LogP contribution >= 0.6 is 11.8 Å². The highest BCUT2D eigenvalue weighted by Crippen LogP contribution is 2.38. The zero-order valence-electron chi connectivity index (χ0n) is 8.40. The van der Waals surface area contributed by atoms with E-state index in [1.807, 2.05) is 0 Å². The molecule has 3 heteroatoms. The van der Waals surface area contributed by atoms with E-state index < -0.39 is 0 Å². The topological polar surface area (TPSA) is 38.4 Å². The van der Waals surface area contributed by atoms with Crippen LogP contribution in [0.5, 0.6) is 0 Å². The van der Waals surface area contributed by atoms with E-state index in [1.54, 1.807) is 11.8 Å². The normalized spacial score (nSPS) is 26.3. The molecule has 2 rings (SSSR count). The van der Waals surface area contributed by atoms with Gasteiger partial charge in [-0.1, -0.05) is 41.6 Å². The zero-order chi connectivity index (χ0) is 10.1. The van der Waals surface area contributed by atoms with Gasteiger partial charge in [0.1, 0.15) is 0 Å². The van der Waals surface area contributed by atoms with E-state index in [4.69, 9.17) is 5.73 Å². The fourth-order valence-corrected chi connectivity index (χ4v) is 2.75. The van der Waals surface area contributed by atoms with Crippen LogP contribution in [-0.4, -0.2) is 11.2 Å². The van der Waals surface area contributed by atoms with Crippen molar-refractivity contribution in [2.75, 3.05) is 0 Å². The first kappa shape index (κ1) is 9.59. The van der Waals surface area contributed by atoms with Gasteiger partial charge in [0.2, 0.25) is 0 Å². The zero-order valence-corrected chi connectivity index (χ0v) is 9.21. The summed E-state index contributed by atoms with van der Waals surface area (Å²) in [6, 6.07) is 8.85. The van der Waals surface area contributed by atoms with Crippen LogP contribution in [0.25, 0.3) is 0 Å². The van der Waals surface area contributed by atoms with Gasteiger partial charge in [0, 0.05) is 0 Å². The SMILES string of the molecule is Cc1cccc(C2SC(N)=N[C@@H]2C)c1. The van der Waals surface area contributed by atoms with Gasteiger partial charge in [0.25, 0.3) is 0 Å². The molecule has 0 aliphatic carbocycles. The highest BCUT2D eigenvalue weighted by atomic mass is 32.2. The lowest BCUT2D eigenvalue weighted by molar-refractivity contribution is 0.739. The lowest BCUT2D eigenvalue weighted by Crippen LogP contribution is -2.05. The van der Waals surface area contributed by atoms with Gasteiger partial charge < -0.3 is 5.73 Å². The fraction of sp³-hybridized carbons (Fsp3) is 0.364. The Hall–Kier alpha value is -0.960. The molecule has 1 aliphatic heterocycles. The smallest absolute Gasteiger partial charge is 0.154 e. The maximum absolute atomic E-state index is 5.70. The maximum atomic E-state index is 5.70. The summed E-state index contributed by atoms with van der Waals surface area (Å²) in [4.78, 5) is 4.33. The van der Waals surface area contributed by atoms with Crippen LogP contribution in [0.3, 0.4) is 0 Å². The number of aryl methyl sites for hydroxylation is 1. The van der Waals surface area contributed by atoms with Crippen LogP contribution in [0, 0.1) is 6.92 Å². The molecule has 2 N–H and O–H groups in total. The molecule has 1 unspecified atom stereocenters. The lowest BCUT2D eigenvalue weighted by Gasteiger charge is -2.13. The summed E-state index contributed by atoms with van der Waals surface area (Å²) in [5, 5.41) is 1.11. The van der Waals surface area contributed by atoms with E-state index in [0.717, 1.165) is 0 Å². The first-order valence-electron chi connectivity index (χ1n) is 4.73. The van der Waals surface area contributed by atoms with Gasteiger partial charge in [-0.3, -0.25) is 4.99 Å². The van der Waals surface area contributed by atoms with Gasteiger partial charge in [-0.15, -0.1) is 0 Å². The average molecular weight is 206 g/mol. The summed E-state index contributed by atoms with van der Waals surface area (Å²) >= 11 is 1.66. The Morgan fingerprint density at radius 3 is 2.79 bits per heavy atom. The number of hydrogen-bond donors (Lipinski definition) is 1. The molecule has 1 aliphatic rings. The standard InChI is InChI=1S/C11H14N2S/c1-7-4-3-5-9(6-7)10-8(2)13-11(12)14-10/h3-6,8,10H,1-2H3,(H2,12,13)/t8-,10?/m1/s1. The molecule has 0 aromatic heterocycles.